The van der Waals surface area contributed by atoms with E-state index >= 15 is 0 Å². The summed E-state index contributed by atoms with van der Waals surface area (Å²) in [6, 6.07) is 4.83. The van der Waals surface area contributed by atoms with Crippen LogP contribution in [-0.4, -0.2) is 44.9 Å². The molecule has 0 fully saturated rings. The molecule has 0 spiro atoms. The molecule has 0 bridgehead atoms. The van der Waals surface area contributed by atoms with E-state index in [-0.39, 0.29) is 18.5 Å². The van der Waals surface area contributed by atoms with E-state index in [1.54, 1.807) is 46.4 Å². The van der Waals surface area contributed by atoms with Crippen molar-refractivity contribution in [2.45, 2.75) is 19.1 Å². The molecular formula is C14H22N2O4. The number of aliphatic hydroxyl groups excluding tert-OH is 1. The van der Waals surface area contributed by atoms with Gasteiger partial charge in [0.15, 0.2) is 0 Å². The lowest BCUT2D eigenvalue weighted by Crippen LogP contribution is -2.42. The molecule has 1 aromatic rings. The van der Waals surface area contributed by atoms with Crippen molar-refractivity contribution in [2.24, 2.45) is 0 Å². The molecule has 3 N–H and O–H groups in total. The fraction of sp³-hybridized carbons (Fsp3) is 0.500. The summed E-state index contributed by atoms with van der Waals surface area (Å²) in [4.78, 5) is 11.4. The summed E-state index contributed by atoms with van der Waals surface area (Å²) in [6.07, 6.45) is -0.799. The van der Waals surface area contributed by atoms with E-state index in [0.717, 1.165) is 0 Å². The third-order valence-electron chi connectivity index (χ3n) is 3.05. The van der Waals surface area contributed by atoms with Crippen molar-refractivity contribution in [3.63, 3.8) is 0 Å². The van der Waals surface area contributed by atoms with Gasteiger partial charge < -0.3 is 25.2 Å². The monoisotopic (exact) mass is 282 g/mol. The minimum absolute atomic E-state index is 0.130. The van der Waals surface area contributed by atoms with Gasteiger partial charge in [-0.05, 0) is 25.1 Å². The summed E-state index contributed by atoms with van der Waals surface area (Å²) < 4.78 is 10.4. The number of rotatable bonds is 7. The van der Waals surface area contributed by atoms with Crippen molar-refractivity contribution >= 4 is 5.91 Å². The van der Waals surface area contributed by atoms with E-state index in [0.29, 0.717) is 17.1 Å². The van der Waals surface area contributed by atoms with E-state index in [1.807, 2.05) is 0 Å². The number of carbonyl (C=O) groups excluding carboxylic acids is 1. The van der Waals surface area contributed by atoms with Crippen LogP contribution in [-0.2, 0) is 4.79 Å². The number of carbonyl (C=O) groups is 1. The molecule has 0 heterocycles. The fourth-order valence-corrected chi connectivity index (χ4v) is 1.81. The van der Waals surface area contributed by atoms with E-state index in [9.17, 15) is 9.90 Å². The second-order valence-corrected chi connectivity index (χ2v) is 4.37. The Morgan fingerprint density at radius 1 is 1.35 bits per heavy atom. The van der Waals surface area contributed by atoms with Gasteiger partial charge in [-0.1, -0.05) is 0 Å². The highest BCUT2D eigenvalue weighted by molar-refractivity contribution is 5.80. The van der Waals surface area contributed by atoms with Crippen molar-refractivity contribution in [1.29, 1.82) is 0 Å². The summed E-state index contributed by atoms with van der Waals surface area (Å²) in [5.41, 5.74) is 0.614. The molecule has 1 rings (SSSR count). The number of ether oxygens (including phenoxy) is 2. The first-order valence-corrected chi connectivity index (χ1v) is 6.38. The first kappa shape index (κ1) is 16.3. The van der Waals surface area contributed by atoms with Crippen LogP contribution in [0.15, 0.2) is 18.2 Å². The van der Waals surface area contributed by atoms with Crippen LogP contribution >= 0.6 is 0 Å². The fourth-order valence-electron chi connectivity index (χ4n) is 1.81. The highest BCUT2D eigenvalue weighted by Crippen LogP contribution is 2.29. The third kappa shape index (κ3) is 4.11. The largest absolute Gasteiger partial charge is 0.497 e. The lowest BCUT2D eigenvalue weighted by atomic mass is 10.1. The van der Waals surface area contributed by atoms with Crippen molar-refractivity contribution in [1.82, 2.24) is 10.6 Å². The zero-order valence-corrected chi connectivity index (χ0v) is 12.3. The van der Waals surface area contributed by atoms with Crippen molar-refractivity contribution < 1.29 is 19.4 Å². The van der Waals surface area contributed by atoms with Gasteiger partial charge in [0, 0.05) is 19.2 Å². The number of benzene rings is 1. The van der Waals surface area contributed by atoms with Crippen molar-refractivity contribution in [3.8, 4) is 11.5 Å². The Hall–Kier alpha value is -1.79. The van der Waals surface area contributed by atoms with Crippen molar-refractivity contribution in [2.75, 3.05) is 27.8 Å². The van der Waals surface area contributed by atoms with Crippen LogP contribution in [0.5, 0.6) is 11.5 Å². The molecule has 2 unspecified atom stereocenters. The second-order valence-electron chi connectivity index (χ2n) is 4.37. The van der Waals surface area contributed by atoms with Gasteiger partial charge in [-0.25, -0.2) is 0 Å². The number of methoxy groups -OCH3 is 2. The Kier molecular flexibility index (Phi) is 6.27. The maximum absolute atomic E-state index is 11.4. The van der Waals surface area contributed by atoms with Crippen LogP contribution in [0, 0.1) is 0 Å². The Morgan fingerprint density at radius 2 is 2.05 bits per heavy atom. The van der Waals surface area contributed by atoms with Crippen LogP contribution in [0.3, 0.4) is 0 Å². The minimum atomic E-state index is -0.799. The Labute approximate surface area is 119 Å². The van der Waals surface area contributed by atoms with E-state index in [1.165, 1.54) is 0 Å². The molecular weight excluding hydrogens is 260 g/mol. The number of nitrogens with one attached hydrogen (secondary N) is 2. The molecule has 0 saturated heterocycles. The molecule has 6 nitrogen and oxygen atoms in total. The Morgan fingerprint density at radius 3 is 2.60 bits per heavy atom. The summed E-state index contributed by atoms with van der Waals surface area (Å²) in [5, 5.41) is 15.7. The normalized spacial score (nSPS) is 13.4. The summed E-state index contributed by atoms with van der Waals surface area (Å²) in [6.45, 7) is 1.96. The van der Waals surface area contributed by atoms with Crippen molar-refractivity contribution in [3.05, 3.63) is 23.8 Å². The van der Waals surface area contributed by atoms with Gasteiger partial charge in [0.05, 0.1) is 26.4 Å². The average Bonchev–Trinajstić information content (AvgIpc) is 2.50. The predicted molar refractivity (Wildman–Crippen MR) is 76.0 cm³/mol. The van der Waals surface area contributed by atoms with E-state index < -0.39 is 6.10 Å². The third-order valence-corrected chi connectivity index (χ3v) is 3.05. The second kappa shape index (κ2) is 7.72. The maximum atomic E-state index is 11.4. The Bertz CT molecular complexity index is 451. The minimum Gasteiger partial charge on any atom is -0.497 e. The van der Waals surface area contributed by atoms with Gasteiger partial charge in [-0.3, -0.25) is 4.79 Å². The molecule has 0 aliphatic carbocycles. The van der Waals surface area contributed by atoms with E-state index in [4.69, 9.17) is 9.47 Å². The van der Waals surface area contributed by atoms with Crippen LogP contribution in [0.2, 0.25) is 0 Å². The lowest BCUT2D eigenvalue weighted by Gasteiger charge is -2.18. The van der Waals surface area contributed by atoms with E-state index in [2.05, 4.69) is 10.6 Å². The smallest absolute Gasteiger partial charge is 0.236 e. The zero-order chi connectivity index (χ0) is 15.1. The highest BCUT2D eigenvalue weighted by Gasteiger charge is 2.17. The quantitative estimate of drug-likeness (QED) is 0.677. The first-order chi connectivity index (χ1) is 9.53. The van der Waals surface area contributed by atoms with Crippen LogP contribution < -0.4 is 20.1 Å². The van der Waals surface area contributed by atoms with Crippen LogP contribution in [0.1, 0.15) is 18.6 Å². The molecule has 0 saturated carbocycles. The molecule has 0 radical (unpaired) electrons. The molecule has 112 valence electrons. The summed E-state index contributed by atoms with van der Waals surface area (Å²) in [5.74, 6) is 1.08. The predicted octanol–water partition coefficient (Wildman–Crippen LogP) is 0.461. The standard InChI is InChI=1S/C14H22N2O4/c1-9(14(18)15-2)16-8-12(17)11-7-10(19-3)5-6-13(11)20-4/h5-7,9,12,16-17H,8H2,1-4H3,(H,15,18). The number of hydrogen-bond acceptors (Lipinski definition) is 5. The molecule has 6 heteroatoms. The topological polar surface area (TPSA) is 79.8 Å². The van der Waals surface area contributed by atoms with Crippen LogP contribution in [0.25, 0.3) is 0 Å². The van der Waals surface area contributed by atoms with Gasteiger partial charge in [0.25, 0.3) is 0 Å². The molecule has 0 aromatic heterocycles. The number of hydrogen-bond donors (Lipinski definition) is 3. The summed E-state index contributed by atoms with van der Waals surface area (Å²) >= 11 is 0. The molecule has 1 amide bonds. The maximum Gasteiger partial charge on any atom is 0.236 e. The highest BCUT2D eigenvalue weighted by atomic mass is 16.5. The van der Waals surface area contributed by atoms with Gasteiger partial charge in [0.2, 0.25) is 5.91 Å². The lowest BCUT2D eigenvalue weighted by molar-refractivity contribution is -0.122. The molecule has 1 aromatic carbocycles. The number of likely N-dealkylation sites (N-methyl/N-ethyl adjacent to an activating group) is 1. The average molecular weight is 282 g/mol. The molecule has 0 aliphatic heterocycles. The van der Waals surface area contributed by atoms with Crippen LogP contribution in [0.4, 0.5) is 0 Å². The molecule has 2 atom stereocenters. The van der Waals surface area contributed by atoms with Gasteiger partial charge in [-0.2, -0.15) is 0 Å². The van der Waals surface area contributed by atoms with Gasteiger partial charge in [0.1, 0.15) is 11.5 Å². The van der Waals surface area contributed by atoms with Gasteiger partial charge >= 0.3 is 0 Å². The molecule has 0 aliphatic rings. The SMILES string of the molecule is CNC(=O)C(C)NCC(O)c1cc(OC)ccc1OC. The van der Waals surface area contributed by atoms with Gasteiger partial charge in [-0.15, -0.1) is 0 Å². The number of amides is 1. The molecule has 20 heavy (non-hydrogen) atoms. The number of aliphatic hydroxyl groups is 1. The zero-order valence-electron chi connectivity index (χ0n) is 12.3. The Balaban J connectivity index is 2.75. The summed E-state index contributed by atoms with van der Waals surface area (Å²) in [7, 11) is 4.67. The first-order valence-electron chi connectivity index (χ1n) is 6.38.